The minimum absolute atomic E-state index is 0.123. The van der Waals surface area contributed by atoms with Gasteiger partial charge in [0.2, 0.25) is 0 Å². The Bertz CT molecular complexity index is 478. The van der Waals surface area contributed by atoms with E-state index in [1.807, 2.05) is 30.5 Å². The molecule has 0 aliphatic carbocycles. The van der Waals surface area contributed by atoms with E-state index in [0.717, 1.165) is 15.8 Å². The van der Waals surface area contributed by atoms with Crippen molar-refractivity contribution in [2.75, 3.05) is 12.0 Å². The maximum atomic E-state index is 12.1. The van der Waals surface area contributed by atoms with Gasteiger partial charge in [0.05, 0.1) is 6.54 Å². The molecule has 0 radical (unpaired) electrons. The average molecular weight is 343 g/mol. The lowest BCUT2D eigenvalue weighted by Crippen LogP contribution is -2.31. The van der Waals surface area contributed by atoms with Crippen molar-refractivity contribution >= 4 is 39.6 Å². The Kier molecular flexibility index (Phi) is 4.87. The van der Waals surface area contributed by atoms with Crippen LogP contribution in [-0.2, 0) is 11.3 Å². The van der Waals surface area contributed by atoms with Crippen LogP contribution >= 0.6 is 27.7 Å². The smallest absolute Gasteiger partial charge is 0.325 e. The Labute approximate surface area is 125 Å². The van der Waals surface area contributed by atoms with Crippen molar-refractivity contribution in [2.45, 2.75) is 19.0 Å². The third-order valence-corrected chi connectivity index (χ3v) is 4.14. The van der Waals surface area contributed by atoms with Gasteiger partial charge in [0.1, 0.15) is 6.04 Å². The van der Waals surface area contributed by atoms with Crippen molar-refractivity contribution in [1.29, 1.82) is 0 Å². The van der Waals surface area contributed by atoms with Gasteiger partial charge >= 0.3 is 6.03 Å². The second kappa shape index (κ2) is 6.43. The van der Waals surface area contributed by atoms with Gasteiger partial charge in [-0.25, -0.2) is 4.79 Å². The van der Waals surface area contributed by atoms with Gasteiger partial charge < -0.3 is 5.32 Å². The number of hydrogen-bond donors (Lipinski definition) is 1. The van der Waals surface area contributed by atoms with Crippen LogP contribution in [0, 0.1) is 0 Å². The summed E-state index contributed by atoms with van der Waals surface area (Å²) < 4.78 is 0.978. The number of hydrogen-bond acceptors (Lipinski definition) is 3. The van der Waals surface area contributed by atoms with Gasteiger partial charge in [-0.2, -0.15) is 11.8 Å². The number of carbonyl (C=O) groups excluding carboxylic acids is 2. The highest BCUT2D eigenvalue weighted by atomic mass is 79.9. The average Bonchev–Trinajstić information content (AvgIpc) is 2.66. The first-order valence-electron chi connectivity index (χ1n) is 5.97. The Morgan fingerprint density at radius 3 is 2.63 bits per heavy atom. The molecular formula is C13H15BrN2O2S. The maximum absolute atomic E-state index is 12.1. The second-order valence-corrected chi connectivity index (χ2v) is 6.24. The van der Waals surface area contributed by atoms with Crippen molar-refractivity contribution in [3.63, 3.8) is 0 Å². The number of benzene rings is 1. The molecule has 1 fully saturated rings. The minimum Gasteiger partial charge on any atom is -0.326 e. The quantitative estimate of drug-likeness (QED) is 0.836. The highest BCUT2D eigenvalue weighted by molar-refractivity contribution is 9.10. The van der Waals surface area contributed by atoms with Crippen LogP contribution in [0.25, 0.3) is 0 Å². The number of amides is 3. The van der Waals surface area contributed by atoms with Crippen molar-refractivity contribution in [2.24, 2.45) is 0 Å². The van der Waals surface area contributed by atoms with E-state index < -0.39 is 0 Å². The summed E-state index contributed by atoms with van der Waals surface area (Å²) in [5, 5.41) is 2.74. The fraction of sp³-hybridized carbons (Fsp3) is 0.385. The summed E-state index contributed by atoms with van der Waals surface area (Å²) in [5.41, 5.74) is 0.942. The fourth-order valence-corrected chi connectivity index (χ4v) is 2.67. The lowest BCUT2D eigenvalue weighted by molar-refractivity contribution is -0.127. The molecule has 102 valence electrons. The molecule has 0 unspecified atom stereocenters. The molecule has 1 saturated heterocycles. The first-order chi connectivity index (χ1) is 9.11. The monoisotopic (exact) mass is 342 g/mol. The minimum atomic E-state index is -0.365. The molecule has 19 heavy (non-hydrogen) atoms. The summed E-state index contributed by atoms with van der Waals surface area (Å²) in [5.74, 6) is 0.741. The van der Waals surface area contributed by atoms with Gasteiger partial charge in [-0.3, -0.25) is 9.69 Å². The first kappa shape index (κ1) is 14.4. The topological polar surface area (TPSA) is 49.4 Å². The number of imide groups is 1. The second-order valence-electron chi connectivity index (χ2n) is 4.33. The number of carbonyl (C=O) groups is 2. The molecule has 1 aromatic rings. The normalized spacial score (nSPS) is 18.8. The number of nitrogens with one attached hydrogen (secondary N) is 1. The van der Waals surface area contributed by atoms with Gasteiger partial charge in [0.25, 0.3) is 5.91 Å². The Morgan fingerprint density at radius 2 is 2.00 bits per heavy atom. The van der Waals surface area contributed by atoms with E-state index in [0.29, 0.717) is 13.0 Å². The van der Waals surface area contributed by atoms with Crippen molar-refractivity contribution in [3.8, 4) is 0 Å². The number of urea groups is 1. The zero-order chi connectivity index (χ0) is 13.8. The molecule has 1 aliphatic rings. The molecule has 0 aromatic heterocycles. The molecule has 1 N–H and O–H groups in total. The SMILES string of the molecule is CSCC[C@@H]1NC(=O)N(Cc2ccc(Br)cc2)C1=O. The zero-order valence-corrected chi connectivity index (χ0v) is 13.0. The Morgan fingerprint density at radius 1 is 1.32 bits per heavy atom. The van der Waals surface area contributed by atoms with E-state index in [9.17, 15) is 9.59 Å². The van der Waals surface area contributed by atoms with Crippen LogP contribution in [0.15, 0.2) is 28.7 Å². The standard InChI is InChI=1S/C13H15BrN2O2S/c1-19-7-6-11-12(17)16(13(18)15-11)8-9-2-4-10(14)5-3-9/h2-5,11H,6-8H2,1H3,(H,15,18)/t11-/m0/s1. The van der Waals surface area contributed by atoms with Crippen molar-refractivity contribution < 1.29 is 9.59 Å². The van der Waals surface area contributed by atoms with Crippen molar-refractivity contribution in [1.82, 2.24) is 10.2 Å². The third-order valence-electron chi connectivity index (χ3n) is 2.97. The van der Waals surface area contributed by atoms with E-state index in [1.165, 1.54) is 4.90 Å². The lowest BCUT2D eigenvalue weighted by Gasteiger charge is -2.13. The third kappa shape index (κ3) is 3.51. The summed E-state index contributed by atoms with van der Waals surface area (Å²) in [6, 6.07) is 6.95. The molecular weight excluding hydrogens is 328 g/mol. The summed E-state index contributed by atoms with van der Waals surface area (Å²) in [7, 11) is 0. The summed E-state index contributed by atoms with van der Waals surface area (Å²) in [6.45, 7) is 0.327. The van der Waals surface area contributed by atoms with Gasteiger partial charge in [-0.05, 0) is 36.1 Å². The van der Waals surface area contributed by atoms with Gasteiger partial charge in [-0.15, -0.1) is 0 Å². The van der Waals surface area contributed by atoms with Crippen LogP contribution < -0.4 is 5.32 Å². The van der Waals surface area contributed by atoms with Crippen LogP contribution in [0.1, 0.15) is 12.0 Å². The molecule has 1 aliphatic heterocycles. The number of rotatable bonds is 5. The molecule has 0 bridgehead atoms. The lowest BCUT2D eigenvalue weighted by atomic mass is 10.2. The van der Waals surface area contributed by atoms with E-state index in [-0.39, 0.29) is 18.0 Å². The summed E-state index contributed by atoms with van der Waals surface area (Å²) >= 11 is 5.03. The molecule has 1 aromatic carbocycles. The van der Waals surface area contributed by atoms with Crippen LogP contribution in [0.2, 0.25) is 0 Å². The zero-order valence-electron chi connectivity index (χ0n) is 10.6. The predicted octanol–water partition coefficient (Wildman–Crippen LogP) is 2.62. The van der Waals surface area contributed by atoms with Crippen LogP contribution in [0.5, 0.6) is 0 Å². The molecule has 3 amide bonds. The highest BCUT2D eigenvalue weighted by Gasteiger charge is 2.37. The molecule has 0 saturated carbocycles. The van der Waals surface area contributed by atoms with E-state index in [1.54, 1.807) is 11.8 Å². The van der Waals surface area contributed by atoms with E-state index in [2.05, 4.69) is 21.2 Å². The van der Waals surface area contributed by atoms with Crippen molar-refractivity contribution in [3.05, 3.63) is 34.3 Å². The van der Waals surface area contributed by atoms with Gasteiger partial charge in [-0.1, -0.05) is 28.1 Å². The molecule has 2 rings (SSSR count). The molecule has 1 atom stereocenters. The maximum Gasteiger partial charge on any atom is 0.325 e. The molecule has 0 spiro atoms. The molecule has 4 nitrogen and oxygen atoms in total. The van der Waals surface area contributed by atoms with Crippen LogP contribution in [0.3, 0.4) is 0 Å². The van der Waals surface area contributed by atoms with E-state index in [4.69, 9.17) is 0 Å². The van der Waals surface area contributed by atoms with Crippen LogP contribution in [-0.4, -0.2) is 34.9 Å². The van der Waals surface area contributed by atoms with Crippen LogP contribution in [0.4, 0.5) is 4.79 Å². The fourth-order valence-electron chi connectivity index (χ4n) is 1.93. The predicted molar refractivity (Wildman–Crippen MR) is 80.0 cm³/mol. The number of thioether (sulfide) groups is 1. The Hall–Kier alpha value is -1.01. The number of halogens is 1. The largest absolute Gasteiger partial charge is 0.326 e. The van der Waals surface area contributed by atoms with E-state index >= 15 is 0 Å². The summed E-state index contributed by atoms with van der Waals surface area (Å²) in [6.07, 6.45) is 2.67. The number of nitrogens with zero attached hydrogens (tertiary/aromatic N) is 1. The van der Waals surface area contributed by atoms with Gasteiger partial charge in [0.15, 0.2) is 0 Å². The highest BCUT2D eigenvalue weighted by Crippen LogP contribution is 2.17. The molecule has 6 heteroatoms. The first-order valence-corrected chi connectivity index (χ1v) is 8.15. The van der Waals surface area contributed by atoms with Gasteiger partial charge in [0, 0.05) is 4.47 Å². The molecule has 1 heterocycles. The Balaban J connectivity index is 2.02. The summed E-state index contributed by atoms with van der Waals surface area (Å²) in [4.78, 5) is 25.2.